The van der Waals surface area contributed by atoms with Crippen LogP contribution in [-0.2, 0) is 20.6 Å². The molecule has 4 nitrogen and oxygen atoms in total. The van der Waals surface area contributed by atoms with Crippen molar-refractivity contribution in [3.8, 4) is 0 Å². The van der Waals surface area contributed by atoms with Crippen molar-refractivity contribution < 1.29 is 17.7 Å². The van der Waals surface area contributed by atoms with Crippen LogP contribution in [0.3, 0.4) is 0 Å². The van der Waals surface area contributed by atoms with Gasteiger partial charge in [-0.15, -0.1) is 0 Å². The molecule has 0 spiro atoms. The van der Waals surface area contributed by atoms with Crippen LogP contribution >= 0.6 is 0 Å². The first-order valence-electron chi connectivity index (χ1n) is 3.13. The van der Waals surface area contributed by atoms with E-state index in [1.54, 1.807) is 0 Å². The van der Waals surface area contributed by atoms with E-state index in [2.05, 4.69) is 0 Å². The summed E-state index contributed by atoms with van der Waals surface area (Å²) in [5.41, 5.74) is 0. The second kappa shape index (κ2) is 2.84. The van der Waals surface area contributed by atoms with Crippen molar-refractivity contribution >= 4 is 20.6 Å². The Hall–Kier alpha value is 0.0600. The van der Waals surface area contributed by atoms with Gasteiger partial charge in [-0.25, -0.2) is 8.42 Å². The van der Waals surface area contributed by atoms with E-state index in [4.69, 9.17) is 5.11 Å². The van der Waals surface area contributed by atoms with Crippen molar-refractivity contribution in [1.29, 1.82) is 0 Å². The number of sulfone groups is 1. The molecule has 0 aromatic heterocycles. The van der Waals surface area contributed by atoms with E-state index in [0.717, 1.165) is 0 Å². The maximum atomic E-state index is 10.9. The summed E-state index contributed by atoms with van der Waals surface area (Å²) < 4.78 is 32.6. The number of hydrogen-bond donors (Lipinski definition) is 1. The predicted molar refractivity (Wildman–Crippen MR) is 42.5 cm³/mol. The molecule has 6 heteroatoms. The highest BCUT2D eigenvalue weighted by molar-refractivity contribution is 7.94. The lowest BCUT2D eigenvalue weighted by molar-refractivity contribution is 0.206. The molecule has 0 aromatic carbocycles. The van der Waals surface area contributed by atoms with Gasteiger partial charge >= 0.3 is 0 Å². The molecule has 1 aliphatic rings. The number of aliphatic hydroxyl groups excluding tert-OH is 1. The monoisotopic (exact) mass is 198 g/mol. The maximum absolute atomic E-state index is 10.9. The highest BCUT2D eigenvalue weighted by atomic mass is 32.2. The van der Waals surface area contributed by atoms with Crippen molar-refractivity contribution in [2.45, 2.75) is 11.4 Å². The molecule has 0 unspecified atom stereocenters. The topological polar surface area (TPSA) is 71.4 Å². The van der Waals surface area contributed by atoms with Crippen LogP contribution in [0.1, 0.15) is 0 Å². The largest absolute Gasteiger partial charge is 0.391 e. The van der Waals surface area contributed by atoms with Gasteiger partial charge in [0, 0.05) is 17.1 Å². The van der Waals surface area contributed by atoms with Crippen molar-refractivity contribution in [2.75, 3.05) is 17.8 Å². The summed E-state index contributed by atoms with van der Waals surface area (Å²) in [7, 11) is -4.38. The zero-order valence-electron chi connectivity index (χ0n) is 6.06. The molecule has 1 N–H and O–H groups in total. The molecule has 0 aliphatic carbocycles. The summed E-state index contributed by atoms with van der Waals surface area (Å²) >= 11 is 0. The van der Waals surface area contributed by atoms with E-state index < -0.39 is 32.0 Å². The zero-order chi connectivity index (χ0) is 8.65. The smallest absolute Gasteiger partial charge is 0.154 e. The number of rotatable bonds is 1. The Morgan fingerprint density at radius 1 is 1.45 bits per heavy atom. The first-order chi connectivity index (χ1) is 4.92. The first-order valence-corrected chi connectivity index (χ1v) is 6.57. The van der Waals surface area contributed by atoms with E-state index in [9.17, 15) is 12.6 Å². The molecular formula is C5H10O4S2. The Bertz CT molecular complexity index is 268. The molecule has 0 bridgehead atoms. The summed E-state index contributed by atoms with van der Waals surface area (Å²) in [5.74, 6) is -0.380. The molecular weight excluding hydrogens is 188 g/mol. The number of hydrogen-bond acceptors (Lipinski definition) is 4. The quantitative estimate of drug-likeness (QED) is 0.558. The molecule has 11 heavy (non-hydrogen) atoms. The van der Waals surface area contributed by atoms with Gasteiger partial charge in [-0.3, -0.25) is 4.21 Å². The van der Waals surface area contributed by atoms with E-state index in [1.807, 2.05) is 0 Å². The third-order valence-corrected chi connectivity index (χ3v) is 4.96. The normalized spacial score (nSPS) is 38.7. The lowest BCUT2D eigenvalue weighted by Gasteiger charge is -2.07. The van der Waals surface area contributed by atoms with Gasteiger partial charge in [0.2, 0.25) is 0 Å². The predicted octanol–water partition coefficient (Wildman–Crippen LogP) is -1.48. The van der Waals surface area contributed by atoms with Crippen molar-refractivity contribution in [2.24, 2.45) is 0 Å². The van der Waals surface area contributed by atoms with Crippen LogP contribution in [0.15, 0.2) is 0 Å². The third-order valence-electron chi connectivity index (χ3n) is 1.70. The van der Waals surface area contributed by atoms with Crippen LogP contribution in [0, 0.1) is 0 Å². The fourth-order valence-corrected chi connectivity index (χ4v) is 4.77. The fraction of sp³-hybridized carbons (Fsp3) is 1.00. The molecule has 0 radical (unpaired) electrons. The summed E-state index contributed by atoms with van der Waals surface area (Å²) in [6.45, 7) is 0. The van der Waals surface area contributed by atoms with Gasteiger partial charge in [0.05, 0.1) is 22.9 Å². The van der Waals surface area contributed by atoms with Crippen LogP contribution in [-0.4, -0.2) is 46.8 Å². The average molecular weight is 198 g/mol. The second-order valence-electron chi connectivity index (χ2n) is 2.68. The number of aliphatic hydroxyl groups is 1. The Kier molecular flexibility index (Phi) is 2.36. The summed E-state index contributed by atoms with van der Waals surface area (Å²) in [5, 5.41) is 8.54. The molecule has 0 saturated carbocycles. The SMILES string of the molecule is C[S@](=O)[C@H]1CS(=O)(=O)C[C@@H]1O. The molecule has 1 rings (SSSR count). The van der Waals surface area contributed by atoms with Gasteiger partial charge in [0.1, 0.15) is 0 Å². The van der Waals surface area contributed by atoms with Crippen molar-refractivity contribution in [1.82, 2.24) is 0 Å². The Morgan fingerprint density at radius 2 is 2.00 bits per heavy atom. The average Bonchev–Trinajstić information content (AvgIpc) is 2.05. The van der Waals surface area contributed by atoms with Gasteiger partial charge in [-0.1, -0.05) is 0 Å². The minimum absolute atomic E-state index is 0.142. The van der Waals surface area contributed by atoms with Gasteiger partial charge in [0.15, 0.2) is 9.84 Å². The van der Waals surface area contributed by atoms with Gasteiger partial charge in [-0.05, 0) is 0 Å². The van der Waals surface area contributed by atoms with E-state index >= 15 is 0 Å². The van der Waals surface area contributed by atoms with E-state index in [1.165, 1.54) is 6.26 Å². The second-order valence-corrected chi connectivity index (χ2v) is 6.44. The van der Waals surface area contributed by atoms with Gasteiger partial charge < -0.3 is 5.11 Å². The molecule has 66 valence electrons. The van der Waals surface area contributed by atoms with Crippen LogP contribution in [0.4, 0.5) is 0 Å². The lowest BCUT2D eigenvalue weighted by Crippen LogP contribution is -2.27. The summed E-state index contributed by atoms with van der Waals surface area (Å²) in [6.07, 6.45) is 0.472. The third kappa shape index (κ3) is 2.00. The van der Waals surface area contributed by atoms with E-state index in [0.29, 0.717) is 0 Å². The van der Waals surface area contributed by atoms with Crippen LogP contribution in [0.2, 0.25) is 0 Å². The summed E-state index contributed by atoms with van der Waals surface area (Å²) in [4.78, 5) is 0. The molecule has 1 fully saturated rings. The molecule has 0 aromatic rings. The first kappa shape index (κ1) is 9.15. The van der Waals surface area contributed by atoms with Crippen molar-refractivity contribution in [3.63, 3.8) is 0 Å². The Labute approximate surface area is 68.0 Å². The van der Waals surface area contributed by atoms with Crippen molar-refractivity contribution in [3.05, 3.63) is 0 Å². The Morgan fingerprint density at radius 3 is 2.18 bits per heavy atom. The molecule has 3 atom stereocenters. The molecule has 1 aliphatic heterocycles. The molecule has 0 amide bonds. The highest BCUT2D eigenvalue weighted by Gasteiger charge is 2.38. The van der Waals surface area contributed by atoms with Gasteiger partial charge in [-0.2, -0.15) is 0 Å². The summed E-state index contributed by atoms with van der Waals surface area (Å²) in [6, 6.07) is 0. The fourth-order valence-electron chi connectivity index (χ4n) is 1.11. The minimum atomic E-state index is -3.13. The minimum Gasteiger partial charge on any atom is -0.391 e. The van der Waals surface area contributed by atoms with Crippen LogP contribution < -0.4 is 0 Å². The Balaban J connectivity index is 2.83. The van der Waals surface area contributed by atoms with E-state index in [-0.39, 0.29) is 11.5 Å². The zero-order valence-corrected chi connectivity index (χ0v) is 7.69. The van der Waals surface area contributed by atoms with Gasteiger partial charge in [0.25, 0.3) is 0 Å². The standard InChI is InChI=1S/C5H10O4S2/c1-10(7)5-3-11(8,9)2-4(5)6/h4-6H,2-3H2,1H3/t4-,5-,10-/m0/s1. The lowest BCUT2D eigenvalue weighted by atomic mass is 10.3. The maximum Gasteiger partial charge on any atom is 0.154 e. The van der Waals surface area contributed by atoms with Crippen LogP contribution in [0.25, 0.3) is 0 Å². The molecule has 1 saturated heterocycles. The van der Waals surface area contributed by atoms with Crippen LogP contribution in [0.5, 0.6) is 0 Å². The molecule has 1 heterocycles. The highest BCUT2D eigenvalue weighted by Crippen LogP contribution is 2.16.